The Hall–Kier alpha value is -4.60. The fourth-order valence-corrected chi connectivity index (χ4v) is 4.40. The largest absolute Gasteiger partial charge is 0.489 e. The highest BCUT2D eigenvalue weighted by molar-refractivity contribution is 5.89. The van der Waals surface area contributed by atoms with Gasteiger partial charge < -0.3 is 29.0 Å². The summed E-state index contributed by atoms with van der Waals surface area (Å²) < 4.78 is 22.1. The van der Waals surface area contributed by atoms with Crippen molar-refractivity contribution in [3.8, 4) is 28.8 Å². The number of urea groups is 1. The molecule has 0 saturated carbocycles. The van der Waals surface area contributed by atoms with Crippen molar-refractivity contribution in [1.82, 2.24) is 20.0 Å². The van der Waals surface area contributed by atoms with Crippen molar-refractivity contribution >= 4 is 11.7 Å². The standard InChI is InChI=1S/C27H25N5O5/c33-27(32-12-9-19(10-13-32)26-30-25(31-37-26)22-6-1-2-11-28-22)29-20-5-3-4-18(14-20)16-34-21-7-8-23-24(15-21)36-17-35-23/h1-8,11,14-15,19H,9-10,12-13,16-17H2,(H,29,33). The fourth-order valence-electron chi connectivity index (χ4n) is 4.40. The van der Waals surface area contributed by atoms with E-state index in [-0.39, 0.29) is 18.7 Å². The van der Waals surface area contributed by atoms with E-state index in [1.807, 2.05) is 65.6 Å². The summed E-state index contributed by atoms with van der Waals surface area (Å²) in [5.41, 5.74) is 2.34. The zero-order valence-corrected chi connectivity index (χ0v) is 20.0. The molecule has 1 fully saturated rings. The van der Waals surface area contributed by atoms with E-state index in [9.17, 15) is 4.79 Å². The summed E-state index contributed by atoms with van der Waals surface area (Å²) >= 11 is 0. The molecular formula is C27H25N5O5. The van der Waals surface area contributed by atoms with Gasteiger partial charge in [-0.05, 0) is 54.8 Å². The van der Waals surface area contributed by atoms with Gasteiger partial charge >= 0.3 is 6.03 Å². The van der Waals surface area contributed by atoms with Crippen molar-refractivity contribution in [2.45, 2.75) is 25.4 Å². The first-order valence-corrected chi connectivity index (χ1v) is 12.1. The topological polar surface area (TPSA) is 112 Å². The lowest BCUT2D eigenvalue weighted by atomic mass is 9.97. The highest BCUT2D eigenvalue weighted by Crippen LogP contribution is 2.35. The van der Waals surface area contributed by atoms with E-state index in [0.29, 0.717) is 54.4 Å². The highest BCUT2D eigenvalue weighted by atomic mass is 16.7. The van der Waals surface area contributed by atoms with Crippen molar-refractivity contribution < 1.29 is 23.5 Å². The Morgan fingerprint density at radius 1 is 1.03 bits per heavy atom. The van der Waals surface area contributed by atoms with Gasteiger partial charge in [0.25, 0.3) is 0 Å². The minimum atomic E-state index is -0.132. The average molecular weight is 500 g/mol. The number of carbonyl (C=O) groups excluding carboxylic acids is 1. The van der Waals surface area contributed by atoms with E-state index < -0.39 is 0 Å². The minimum Gasteiger partial charge on any atom is -0.489 e. The number of nitrogens with one attached hydrogen (secondary N) is 1. The molecule has 0 atom stereocenters. The quantitative estimate of drug-likeness (QED) is 0.401. The van der Waals surface area contributed by atoms with Crippen LogP contribution in [0.25, 0.3) is 11.5 Å². The van der Waals surface area contributed by atoms with E-state index in [0.717, 1.165) is 24.1 Å². The summed E-state index contributed by atoms with van der Waals surface area (Å²) in [7, 11) is 0. The number of ether oxygens (including phenoxy) is 3. The van der Waals surface area contributed by atoms with Crippen molar-refractivity contribution in [3.63, 3.8) is 0 Å². The number of piperidine rings is 1. The van der Waals surface area contributed by atoms with E-state index in [4.69, 9.17) is 18.7 Å². The molecule has 0 radical (unpaired) electrons. The predicted octanol–water partition coefficient (Wildman–Crippen LogP) is 4.85. The second-order valence-corrected chi connectivity index (χ2v) is 8.87. The molecule has 6 rings (SSSR count). The van der Waals surface area contributed by atoms with Gasteiger partial charge in [-0.15, -0.1) is 0 Å². The maximum absolute atomic E-state index is 12.9. The molecule has 2 aliphatic heterocycles. The van der Waals surface area contributed by atoms with Crippen LogP contribution in [0, 0.1) is 0 Å². The van der Waals surface area contributed by atoms with Gasteiger partial charge in [-0.2, -0.15) is 4.98 Å². The molecule has 2 aliphatic rings. The molecule has 0 spiro atoms. The average Bonchev–Trinajstić information content (AvgIpc) is 3.63. The van der Waals surface area contributed by atoms with E-state index >= 15 is 0 Å². The van der Waals surface area contributed by atoms with Gasteiger partial charge in [0.05, 0.1) is 0 Å². The van der Waals surface area contributed by atoms with Crippen LogP contribution in [0.3, 0.4) is 0 Å². The molecule has 1 N–H and O–H groups in total. The molecule has 188 valence electrons. The molecule has 2 aromatic carbocycles. The molecule has 37 heavy (non-hydrogen) atoms. The van der Waals surface area contributed by atoms with Crippen molar-refractivity contribution in [2.24, 2.45) is 0 Å². The molecule has 4 heterocycles. The van der Waals surface area contributed by atoms with Crippen LogP contribution in [0.1, 0.15) is 30.2 Å². The van der Waals surface area contributed by atoms with E-state index in [1.165, 1.54) is 0 Å². The zero-order valence-electron chi connectivity index (χ0n) is 20.0. The van der Waals surface area contributed by atoms with Crippen molar-refractivity contribution in [3.05, 3.63) is 78.3 Å². The van der Waals surface area contributed by atoms with Crippen LogP contribution in [0.4, 0.5) is 10.5 Å². The Morgan fingerprint density at radius 2 is 1.92 bits per heavy atom. The van der Waals surface area contributed by atoms with E-state index in [1.54, 1.807) is 6.20 Å². The number of fused-ring (bicyclic) bond motifs is 1. The Morgan fingerprint density at radius 3 is 2.78 bits per heavy atom. The van der Waals surface area contributed by atoms with Crippen LogP contribution < -0.4 is 19.5 Å². The third-order valence-electron chi connectivity index (χ3n) is 6.39. The molecule has 0 bridgehead atoms. The number of amides is 2. The Kier molecular flexibility index (Phi) is 6.28. The van der Waals surface area contributed by atoms with Gasteiger partial charge in [-0.1, -0.05) is 23.4 Å². The summed E-state index contributed by atoms with van der Waals surface area (Å²) in [5.74, 6) is 3.28. The molecule has 4 aromatic rings. The first-order chi connectivity index (χ1) is 18.2. The van der Waals surface area contributed by atoms with Crippen LogP contribution in [0.15, 0.2) is 71.4 Å². The van der Waals surface area contributed by atoms with Crippen LogP contribution in [0.5, 0.6) is 17.2 Å². The monoisotopic (exact) mass is 499 g/mol. The number of carbonyl (C=O) groups is 1. The molecule has 1 saturated heterocycles. The highest BCUT2D eigenvalue weighted by Gasteiger charge is 2.28. The SMILES string of the molecule is O=C(Nc1cccc(COc2ccc3c(c2)OCO3)c1)N1CCC(c2nc(-c3ccccn3)no2)CC1. The maximum Gasteiger partial charge on any atom is 0.321 e. The van der Waals surface area contributed by atoms with Crippen LogP contribution in [-0.4, -0.2) is 45.9 Å². The zero-order chi connectivity index (χ0) is 25.0. The van der Waals surface area contributed by atoms with Gasteiger partial charge in [-0.3, -0.25) is 4.98 Å². The molecular weight excluding hydrogens is 474 g/mol. The predicted molar refractivity (Wildman–Crippen MR) is 133 cm³/mol. The second kappa shape index (κ2) is 10.2. The van der Waals surface area contributed by atoms with Crippen LogP contribution in [0.2, 0.25) is 0 Å². The Labute approximate surface area is 213 Å². The third-order valence-corrected chi connectivity index (χ3v) is 6.39. The summed E-state index contributed by atoms with van der Waals surface area (Å²) in [4.78, 5) is 23.5. The van der Waals surface area contributed by atoms with Gasteiger partial charge in [-0.25, -0.2) is 4.79 Å². The number of rotatable bonds is 6. The summed E-state index contributed by atoms with van der Waals surface area (Å²) in [6, 6.07) is 18.6. The minimum absolute atomic E-state index is 0.116. The summed E-state index contributed by atoms with van der Waals surface area (Å²) in [6.07, 6.45) is 3.20. The number of hydrogen-bond acceptors (Lipinski definition) is 8. The van der Waals surface area contributed by atoms with Gasteiger partial charge in [0, 0.05) is 37.0 Å². The number of aromatic nitrogens is 3. The first kappa shape index (κ1) is 22.8. The van der Waals surface area contributed by atoms with Crippen molar-refractivity contribution in [2.75, 3.05) is 25.2 Å². The smallest absolute Gasteiger partial charge is 0.321 e. The lowest BCUT2D eigenvalue weighted by Crippen LogP contribution is -2.40. The number of anilines is 1. The molecule has 10 nitrogen and oxygen atoms in total. The Balaban J connectivity index is 1.01. The third kappa shape index (κ3) is 5.18. The van der Waals surface area contributed by atoms with E-state index in [2.05, 4.69) is 20.4 Å². The van der Waals surface area contributed by atoms with Gasteiger partial charge in [0.15, 0.2) is 11.5 Å². The van der Waals surface area contributed by atoms with Crippen molar-refractivity contribution in [1.29, 1.82) is 0 Å². The maximum atomic E-state index is 12.9. The Bertz CT molecular complexity index is 1380. The number of hydrogen-bond donors (Lipinski definition) is 1. The lowest BCUT2D eigenvalue weighted by Gasteiger charge is -2.30. The number of nitrogens with zero attached hydrogens (tertiary/aromatic N) is 4. The first-order valence-electron chi connectivity index (χ1n) is 12.1. The number of benzene rings is 2. The normalized spacial score (nSPS) is 15.0. The second-order valence-electron chi connectivity index (χ2n) is 8.87. The fraction of sp³-hybridized carbons (Fsp3) is 0.259. The molecule has 2 aromatic heterocycles. The molecule has 0 aliphatic carbocycles. The summed E-state index contributed by atoms with van der Waals surface area (Å²) in [5, 5.41) is 7.07. The summed E-state index contributed by atoms with van der Waals surface area (Å²) in [6.45, 7) is 1.79. The molecule has 2 amide bonds. The van der Waals surface area contributed by atoms with Gasteiger partial charge in [0.1, 0.15) is 18.1 Å². The molecule has 0 unspecified atom stereocenters. The van der Waals surface area contributed by atoms with Gasteiger partial charge in [0.2, 0.25) is 18.5 Å². The van der Waals surface area contributed by atoms with Crippen LogP contribution in [-0.2, 0) is 6.61 Å². The number of pyridine rings is 1. The lowest BCUT2D eigenvalue weighted by molar-refractivity contribution is 0.173. The molecule has 10 heteroatoms. The van der Waals surface area contributed by atoms with Crippen LogP contribution >= 0.6 is 0 Å². The number of likely N-dealkylation sites (tertiary alicyclic amines) is 1.